The fourth-order valence-electron chi connectivity index (χ4n) is 1.69. The maximum absolute atomic E-state index is 5.91. The summed E-state index contributed by atoms with van der Waals surface area (Å²) < 4.78 is 15.9. The zero-order valence-corrected chi connectivity index (χ0v) is 12.8. The SMILES string of the molecule is CCCOc1nc(Cl)nc(-c2ccc(OC)c(OC)c2)n1. The van der Waals surface area contributed by atoms with Crippen molar-refractivity contribution >= 4 is 11.6 Å². The molecule has 0 saturated carbocycles. The van der Waals surface area contributed by atoms with Crippen LogP contribution in [-0.4, -0.2) is 35.8 Å². The summed E-state index contributed by atoms with van der Waals surface area (Å²) in [5.41, 5.74) is 0.735. The van der Waals surface area contributed by atoms with Gasteiger partial charge >= 0.3 is 6.01 Å². The Morgan fingerprint density at radius 2 is 1.81 bits per heavy atom. The van der Waals surface area contributed by atoms with Crippen molar-refractivity contribution in [1.29, 1.82) is 0 Å². The van der Waals surface area contributed by atoms with Crippen LogP contribution in [0.4, 0.5) is 0 Å². The van der Waals surface area contributed by atoms with Gasteiger partial charge in [-0.05, 0) is 36.2 Å². The summed E-state index contributed by atoms with van der Waals surface area (Å²) >= 11 is 5.91. The zero-order valence-electron chi connectivity index (χ0n) is 12.1. The Hall–Kier alpha value is -2.08. The van der Waals surface area contributed by atoms with E-state index in [1.165, 1.54) is 0 Å². The smallest absolute Gasteiger partial charge is 0.321 e. The first-order valence-corrected chi connectivity index (χ1v) is 6.82. The molecule has 7 heteroatoms. The number of hydrogen-bond acceptors (Lipinski definition) is 6. The van der Waals surface area contributed by atoms with Crippen LogP contribution < -0.4 is 14.2 Å². The Morgan fingerprint density at radius 1 is 1.05 bits per heavy atom. The molecule has 0 aliphatic rings. The lowest BCUT2D eigenvalue weighted by Crippen LogP contribution is -2.03. The number of rotatable bonds is 6. The molecule has 1 aromatic heterocycles. The van der Waals surface area contributed by atoms with Crippen LogP contribution in [0, 0.1) is 0 Å². The highest BCUT2D eigenvalue weighted by Gasteiger charge is 2.11. The van der Waals surface area contributed by atoms with Crippen LogP contribution in [0.15, 0.2) is 18.2 Å². The fourth-order valence-corrected chi connectivity index (χ4v) is 1.85. The lowest BCUT2D eigenvalue weighted by atomic mass is 10.2. The van der Waals surface area contributed by atoms with E-state index in [-0.39, 0.29) is 11.3 Å². The Labute approximate surface area is 128 Å². The lowest BCUT2D eigenvalue weighted by molar-refractivity contribution is 0.291. The predicted octanol–water partition coefficient (Wildman–Crippen LogP) is 3.00. The molecule has 6 nitrogen and oxygen atoms in total. The molecule has 0 aliphatic carbocycles. The minimum absolute atomic E-state index is 0.0842. The summed E-state index contributed by atoms with van der Waals surface area (Å²) in [7, 11) is 3.14. The zero-order chi connectivity index (χ0) is 15.2. The molecule has 21 heavy (non-hydrogen) atoms. The summed E-state index contributed by atoms with van der Waals surface area (Å²) in [5, 5.41) is 0.0842. The maximum Gasteiger partial charge on any atom is 0.321 e. The van der Waals surface area contributed by atoms with E-state index in [4.69, 9.17) is 25.8 Å². The van der Waals surface area contributed by atoms with Crippen LogP contribution in [0.5, 0.6) is 17.5 Å². The van der Waals surface area contributed by atoms with E-state index in [1.807, 2.05) is 13.0 Å². The van der Waals surface area contributed by atoms with Crippen molar-refractivity contribution in [2.75, 3.05) is 20.8 Å². The van der Waals surface area contributed by atoms with Crippen molar-refractivity contribution in [1.82, 2.24) is 15.0 Å². The van der Waals surface area contributed by atoms with Crippen molar-refractivity contribution in [3.63, 3.8) is 0 Å². The number of halogens is 1. The maximum atomic E-state index is 5.91. The molecule has 0 spiro atoms. The third-order valence-electron chi connectivity index (χ3n) is 2.66. The molecule has 1 heterocycles. The minimum atomic E-state index is 0.0842. The normalized spacial score (nSPS) is 10.3. The van der Waals surface area contributed by atoms with Gasteiger partial charge in [-0.3, -0.25) is 0 Å². The monoisotopic (exact) mass is 309 g/mol. The van der Waals surface area contributed by atoms with E-state index in [9.17, 15) is 0 Å². The van der Waals surface area contributed by atoms with Gasteiger partial charge in [0.1, 0.15) is 0 Å². The van der Waals surface area contributed by atoms with E-state index < -0.39 is 0 Å². The third kappa shape index (κ3) is 3.72. The van der Waals surface area contributed by atoms with Gasteiger partial charge < -0.3 is 14.2 Å². The van der Waals surface area contributed by atoms with E-state index in [1.54, 1.807) is 26.4 Å². The van der Waals surface area contributed by atoms with Gasteiger partial charge in [-0.1, -0.05) is 6.92 Å². The van der Waals surface area contributed by atoms with E-state index >= 15 is 0 Å². The van der Waals surface area contributed by atoms with Crippen molar-refractivity contribution in [3.05, 3.63) is 23.5 Å². The number of benzene rings is 1. The highest BCUT2D eigenvalue weighted by Crippen LogP contribution is 2.31. The number of nitrogens with zero attached hydrogens (tertiary/aromatic N) is 3. The molecular formula is C14H16ClN3O3. The van der Waals surface area contributed by atoms with Crippen molar-refractivity contribution in [2.24, 2.45) is 0 Å². The predicted molar refractivity (Wildman–Crippen MR) is 79.2 cm³/mol. The number of hydrogen-bond donors (Lipinski definition) is 0. The molecule has 0 fully saturated rings. The molecule has 1 aromatic carbocycles. The van der Waals surface area contributed by atoms with Crippen molar-refractivity contribution in [3.8, 4) is 28.9 Å². The first-order valence-electron chi connectivity index (χ1n) is 6.44. The Bertz CT molecular complexity index is 622. The molecule has 0 atom stereocenters. The number of ether oxygens (including phenoxy) is 3. The van der Waals surface area contributed by atoms with Gasteiger partial charge in [0.25, 0.3) is 0 Å². The Balaban J connectivity index is 2.39. The molecule has 2 rings (SSSR count). The lowest BCUT2D eigenvalue weighted by Gasteiger charge is -2.09. The summed E-state index contributed by atoms with van der Waals surface area (Å²) in [4.78, 5) is 12.3. The molecule has 0 saturated heterocycles. The first kappa shape index (κ1) is 15.3. The molecule has 0 radical (unpaired) electrons. The van der Waals surface area contributed by atoms with E-state index in [0.29, 0.717) is 23.9 Å². The molecule has 0 aliphatic heterocycles. The Kier molecular flexibility index (Phi) is 5.16. The minimum Gasteiger partial charge on any atom is -0.493 e. The molecule has 0 amide bonds. The van der Waals surface area contributed by atoms with Gasteiger partial charge in [-0.25, -0.2) is 0 Å². The summed E-state index contributed by atoms with van der Waals surface area (Å²) in [6, 6.07) is 5.57. The van der Waals surface area contributed by atoms with Gasteiger partial charge in [0.05, 0.1) is 20.8 Å². The van der Waals surface area contributed by atoms with Gasteiger partial charge in [0.15, 0.2) is 17.3 Å². The van der Waals surface area contributed by atoms with E-state index in [2.05, 4.69) is 15.0 Å². The summed E-state index contributed by atoms with van der Waals surface area (Å²) in [5.74, 6) is 1.63. The fraction of sp³-hybridized carbons (Fsp3) is 0.357. The van der Waals surface area contributed by atoms with Gasteiger partial charge in [-0.2, -0.15) is 15.0 Å². The Morgan fingerprint density at radius 3 is 2.48 bits per heavy atom. The third-order valence-corrected chi connectivity index (χ3v) is 2.83. The molecule has 0 bridgehead atoms. The largest absolute Gasteiger partial charge is 0.493 e. The van der Waals surface area contributed by atoms with Gasteiger partial charge in [-0.15, -0.1) is 0 Å². The topological polar surface area (TPSA) is 66.4 Å². The molecule has 0 N–H and O–H groups in total. The average molecular weight is 310 g/mol. The molecular weight excluding hydrogens is 294 g/mol. The number of methoxy groups -OCH3 is 2. The quantitative estimate of drug-likeness (QED) is 0.817. The summed E-state index contributed by atoms with van der Waals surface area (Å²) in [6.45, 7) is 2.52. The highest BCUT2D eigenvalue weighted by atomic mass is 35.5. The van der Waals surface area contributed by atoms with Crippen molar-refractivity contribution in [2.45, 2.75) is 13.3 Å². The molecule has 112 valence electrons. The second kappa shape index (κ2) is 7.08. The van der Waals surface area contributed by atoms with Crippen LogP contribution in [0.3, 0.4) is 0 Å². The average Bonchev–Trinajstić information content (AvgIpc) is 2.51. The standard InChI is InChI=1S/C14H16ClN3O3/c1-4-7-21-14-17-12(16-13(15)18-14)9-5-6-10(19-2)11(8-9)20-3/h5-6,8H,4,7H2,1-3H3. The van der Waals surface area contributed by atoms with Crippen LogP contribution in [0.1, 0.15) is 13.3 Å². The van der Waals surface area contributed by atoms with Crippen LogP contribution in [-0.2, 0) is 0 Å². The van der Waals surface area contributed by atoms with Crippen LogP contribution >= 0.6 is 11.6 Å². The van der Waals surface area contributed by atoms with Gasteiger partial charge in [0.2, 0.25) is 5.28 Å². The first-order chi connectivity index (χ1) is 10.2. The highest BCUT2D eigenvalue weighted by molar-refractivity contribution is 6.28. The number of aromatic nitrogens is 3. The van der Waals surface area contributed by atoms with Gasteiger partial charge in [0, 0.05) is 5.56 Å². The molecule has 2 aromatic rings. The van der Waals surface area contributed by atoms with Crippen LogP contribution in [0.25, 0.3) is 11.4 Å². The molecule has 0 unspecified atom stereocenters. The second-order valence-electron chi connectivity index (χ2n) is 4.13. The second-order valence-corrected chi connectivity index (χ2v) is 4.47. The van der Waals surface area contributed by atoms with Crippen molar-refractivity contribution < 1.29 is 14.2 Å². The van der Waals surface area contributed by atoms with E-state index in [0.717, 1.165) is 12.0 Å². The summed E-state index contributed by atoms with van der Waals surface area (Å²) in [6.07, 6.45) is 0.856. The van der Waals surface area contributed by atoms with Crippen LogP contribution in [0.2, 0.25) is 5.28 Å².